The average molecular weight is 324 g/mol. The molecule has 5 heteroatoms. The van der Waals surface area contributed by atoms with Gasteiger partial charge in [0.05, 0.1) is 0 Å². The van der Waals surface area contributed by atoms with Gasteiger partial charge in [-0.1, -0.05) is 34.1 Å². The smallest absolute Gasteiger partial charge is 0.486 e. The van der Waals surface area contributed by atoms with E-state index < -0.39 is 6.16 Å². The standard InChI is InChI=1S/C16H22O5.C2H6/c1-4-6-12(5-2)20-16(17)21-13-10-15-14(9-11(13)3)18-7-8-19-15;1-2/h9-10,12H,4-8H2,1-3H3;1-2H3. The summed E-state index contributed by atoms with van der Waals surface area (Å²) in [5.74, 6) is 1.71. The third kappa shape index (κ3) is 5.66. The van der Waals surface area contributed by atoms with Crippen LogP contribution in [0.4, 0.5) is 4.79 Å². The Morgan fingerprint density at radius 2 is 1.78 bits per heavy atom. The fourth-order valence-corrected chi connectivity index (χ4v) is 2.20. The Hall–Kier alpha value is -1.91. The van der Waals surface area contributed by atoms with E-state index >= 15 is 0 Å². The molecule has 0 radical (unpaired) electrons. The Balaban J connectivity index is 0.00000127. The van der Waals surface area contributed by atoms with E-state index in [9.17, 15) is 4.79 Å². The monoisotopic (exact) mass is 324 g/mol. The highest BCUT2D eigenvalue weighted by atomic mass is 16.7. The summed E-state index contributed by atoms with van der Waals surface area (Å²) in [4.78, 5) is 11.9. The first-order valence-corrected chi connectivity index (χ1v) is 8.42. The summed E-state index contributed by atoms with van der Waals surface area (Å²) in [6.45, 7) is 10.9. The van der Waals surface area contributed by atoms with Crippen molar-refractivity contribution in [3.8, 4) is 17.2 Å². The van der Waals surface area contributed by atoms with Crippen molar-refractivity contribution in [1.82, 2.24) is 0 Å². The Morgan fingerprint density at radius 3 is 2.35 bits per heavy atom. The molecule has 130 valence electrons. The van der Waals surface area contributed by atoms with Crippen LogP contribution in [0.5, 0.6) is 17.2 Å². The molecule has 5 nitrogen and oxygen atoms in total. The molecule has 1 heterocycles. The minimum Gasteiger partial charge on any atom is -0.486 e. The van der Waals surface area contributed by atoms with Crippen LogP contribution in [0.1, 0.15) is 52.5 Å². The van der Waals surface area contributed by atoms with Crippen LogP contribution < -0.4 is 14.2 Å². The van der Waals surface area contributed by atoms with Gasteiger partial charge in [-0.25, -0.2) is 4.79 Å². The van der Waals surface area contributed by atoms with Crippen molar-refractivity contribution in [3.63, 3.8) is 0 Å². The largest absolute Gasteiger partial charge is 0.514 e. The predicted molar refractivity (Wildman–Crippen MR) is 89.6 cm³/mol. The first-order chi connectivity index (χ1) is 11.1. The molecule has 0 aliphatic carbocycles. The zero-order valence-corrected chi connectivity index (χ0v) is 14.8. The van der Waals surface area contributed by atoms with Crippen LogP contribution in [0.25, 0.3) is 0 Å². The van der Waals surface area contributed by atoms with Gasteiger partial charge in [0.1, 0.15) is 25.1 Å². The number of aryl methyl sites for hydroxylation is 1. The molecule has 0 saturated heterocycles. The summed E-state index contributed by atoms with van der Waals surface area (Å²) in [5.41, 5.74) is 0.805. The van der Waals surface area contributed by atoms with Gasteiger partial charge in [0.15, 0.2) is 11.5 Å². The number of hydrogen-bond donors (Lipinski definition) is 0. The highest BCUT2D eigenvalue weighted by Crippen LogP contribution is 2.36. The lowest BCUT2D eigenvalue weighted by Gasteiger charge is -2.20. The molecule has 0 spiro atoms. The molecule has 0 N–H and O–H groups in total. The Morgan fingerprint density at radius 1 is 1.17 bits per heavy atom. The SMILES string of the molecule is CC.CCCC(CC)OC(=O)Oc1cc2c(cc1C)OCCO2. The molecule has 23 heavy (non-hydrogen) atoms. The van der Waals surface area contributed by atoms with Crippen molar-refractivity contribution < 1.29 is 23.7 Å². The highest BCUT2D eigenvalue weighted by Gasteiger charge is 2.19. The van der Waals surface area contributed by atoms with E-state index in [0.717, 1.165) is 24.8 Å². The molecular formula is C18H28O5. The summed E-state index contributed by atoms with van der Waals surface area (Å²) >= 11 is 0. The van der Waals surface area contributed by atoms with E-state index in [1.165, 1.54) is 0 Å². The molecule has 0 fully saturated rings. The maximum Gasteiger partial charge on any atom is 0.514 e. The van der Waals surface area contributed by atoms with E-state index in [1.807, 2.05) is 27.7 Å². The first kappa shape index (κ1) is 19.1. The second-order valence-electron chi connectivity index (χ2n) is 5.05. The van der Waals surface area contributed by atoms with Crippen LogP contribution in [-0.2, 0) is 4.74 Å². The third-order valence-corrected chi connectivity index (χ3v) is 3.36. The van der Waals surface area contributed by atoms with Crippen molar-refractivity contribution in [2.75, 3.05) is 13.2 Å². The highest BCUT2D eigenvalue weighted by molar-refractivity contribution is 5.66. The lowest BCUT2D eigenvalue weighted by Crippen LogP contribution is -2.21. The molecule has 1 aromatic rings. The van der Waals surface area contributed by atoms with Gasteiger partial charge in [-0.2, -0.15) is 0 Å². The summed E-state index contributed by atoms with van der Waals surface area (Å²) in [7, 11) is 0. The van der Waals surface area contributed by atoms with Gasteiger partial charge in [-0.3, -0.25) is 0 Å². The van der Waals surface area contributed by atoms with E-state index in [0.29, 0.717) is 30.5 Å². The zero-order valence-electron chi connectivity index (χ0n) is 14.8. The molecule has 1 aromatic carbocycles. The van der Waals surface area contributed by atoms with Crippen molar-refractivity contribution in [2.24, 2.45) is 0 Å². The number of rotatable bonds is 5. The lowest BCUT2D eigenvalue weighted by molar-refractivity contribution is 0.0522. The van der Waals surface area contributed by atoms with Gasteiger partial charge in [-0.05, 0) is 31.4 Å². The predicted octanol–water partition coefficient (Wildman–Crippen LogP) is 4.89. The van der Waals surface area contributed by atoms with Gasteiger partial charge in [0, 0.05) is 6.07 Å². The van der Waals surface area contributed by atoms with Crippen molar-refractivity contribution in [1.29, 1.82) is 0 Å². The van der Waals surface area contributed by atoms with Crippen molar-refractivity contribution in [2.45, 2.75) is 60.0 Å². The number of carbonyl (C=O) groups excluding carboxylic acids is 1. The number of benzene rings is 1. The molecule has 0 aromatic heterocycles. The number of ether oxygens (including phenoxy) is 4. The van der Waals surface area contributed by atoms with Gasteiger partial charge in [0.25, 0.3) is 0 Å². The quantitative estimate of drug-likeness (QED) is 0.570. The van der Waals surface area contributed by atoms with Crippen LogP contribution in [0.2, 0.25) is 0 Å². The number of hydrogen-bond acceptors (Lipinski definition) is 5. The Kier molecular flexibility index (Phi) is 8.30. The van der Waals surface area contributed by atoms with Gasteiger partial charge >= 0.3 is 6.16 Å². The number of carbonyl (C=O) groups is 1. The van der Waals surface area contributed by atoms with Crippen LogP contribution in [0, 0.1) is 6.92 Å². The minimum atomic E-state index is -0.671. The van der Waals surface area contributed by atoms with E-state index in [1.54, 1.807) is 12.1 Å². The van der Waals surface area contributed by atoms with Crippen LogP contribution >= 0.6 is 0 Å². The summed E-state index contributed by atoms with van der Waals surface area (Å²) < 4.78 is 21.6. The molecule has 0 bridgehead atoms. The van der Waals surface area contributed by atoms with Crippen LogP contribution in [0.15, 0.2) is 12.1 Å². The maximum absolute atomic E-state index is 11.9. The third-order valence-electron chi connectivity index (χ3n) is 3.36. The van der Waals surface area contributed by atoms with Gasteiger partial charge in [-0.15, -0.1) is 0 Å². The molecule has 1 aliphatic heterocycles. The molecule has 1 atom stereocenters. The minimum absolute atomic E-state index is 0.0972. The fraction of sp³-hybridized carbons (Fsp3) is 0.611. The molecule has 0 saturated carbocycles. The Labute approximate surface area is 138 Å². The van der Waals surface area contributed by atoms with Crippen molar-refractivity contribution in [3.05, 3.63) is 17.7 Å². The van der Waals surface area contributed by atoms with Gasteiger partial charge < -0.3 is 18.9 Å². The molecular weight excluding hydrogens is 296 g/mol. The molecule has 0 amide bonds. The first-order valence-electron chi connectivity index (χ1n) is 8.42. The second kappa shape index (κ2) is 9.98. The zero-order chi connectivity index (χ0) is 17.2. The summed E-state index contributed by atoms with van der Waals surface area (Å²) in [5, 5.41) is 0. The molecule has 1 unspecified atom stereocenters. The van der Waals surface area contributed by atoms with Gasteiger partial charge in [0.2, 0.25) is 0 Å². The fourth-order valence-electron chi connectivity index (χ4n) is 2.20. The van der Waals surface area contributed by atoms with Crippen molar-refractivity contribution >= 4 is 6.16 Å². The summed E-state index contributed by atoms with van der Waals surface area (Å²) in [6.07, 6.45) is 1.82. The van der Waals surface area contributed by atoms with Crippen LogP contribution in [-0.4, -0.2) is 25.5 Å². The normalized spacial score (nSPS) is 13.4. The summed E-state index contributed by atoms with van der Waals surface area (Å²) in [6, 6.07) is 3.48. The Bertz CT molecular complexity index is 498. The maximum atomic E-state index is 11.9. The average Bonchev–Trinajstić information content (AvgIpc) is 2.57. The molecule has 2 rings (SSSR count). The number of fused-ring (bicyclic) bond motifs is 1. The lowest BCUT2D eigenvalue weighted by atomic mass is 10.2. The van der Waals surface area contributed by atoms with E-state index in [2.05, 4.69) is 6.92 Å². The molecule has 1 aliphatic rings. The second-order valence-corrected chi connectivity index (χ2v) is 5.05. The van der Waals surface area contributed by atoms with E-state index in [-0.39, 0.29) is 6.10 Å². The topological polar surface area (TPSA) is 54.0 Å². The van der Waals surface area contributed by atoms with Crippen LogP contribution in [0.3, 0.4) is 0 Å². The van der Waals surface area contributed by atoms with E-state index in [4.69, 9.17) is 18.9 Å².